The summed E-state index contributed by atoms with van der Waals surface area (Å²) in [7, 11) is 0. The molecule has 0 aliphatic heterocycles. The summed E-state index contributed by atoms with van der Waals surface area (Å²) in [6, 6.07) is 3.09. The van der Waals surface area contributed by atoms with Crippen LogP contribution in [0, 0.1) is 10.1 Å². The molecule has 1 atom stereocenters. The van der Waals surface area contributed by atoms with E-state index in [9.17, 15) is 28.1 Å². The summed E-state index contributed by atoms with van der Waals surface area (Å²) < 4.78 is 36.1. The standard InChI is InChI=1S/C10H8ClF3N2O4/c11-5-1-2-6(7(3-5)16(19)20)9(18)15-4-8(17)10(12,13)14/h1-3,8,17H,4H2,(H,15,18). The number of aliphatic hydroxyl groups excluding tert-OH is 1. The molecule has 0 saturated heterocycles. The second-order valence-corrected chi connectivity index (χ2v) is 4.12. The fraction of sp³-hybridized carbons (Fsp3) is 0.300. The second-order valence-electron chi connectivity index (χ2n) is 3.69. The molecule has 1 amide bonds. The number of nitrogens with one attached hydrogen (secondary N) is 1. The number of carbonyl (C=O) groups excluding carboxylic acids is 1. The van der Waals surface area contributed by atoms with Crippen LogP contribution in [0.25, 0.3) is 0 Å². The minimum Gasteiger partial charge on any atom is -0.382 e. The number of hydrogen-bond donors (Lipinski definition) is 2. The van der Waals surface area contributed by atoms with Crippen molar-refractivity contribution in [1.82, 2.24) is 5.32 Å². The van der Waals surface area contributed by atoms with Crippen molar-refractivity contribution in [1.29, 1.82) is 0 Å². The van der Waals surface area contributed by atoms with Gasteiger partial charge >= 0.3 is 6.18 Å². The zero-order valence-electron chi connectivity index (χ0n) is 9.65. The van der Waals surface area contributed by atoms with Crippen molar-refractivity contribution in [2.75, 3.05) is 6.54 Å². The van der Waals surface area contributed by atoms with Crippen molar-refractivity contribution >= 4 is 23.2 Å². The molecule has 110 valence electrons. The Labute approximate surface area is 115 Å². The fourth-order valence-corrected chi connectivity index (χ4v) is 1.41. The topological polar surface area (TPSA) is 92.5 Å². The van der Waals surface area contributed by atoms with Gasteiger partial charge in [-0.2, -0.15) is 13.2 Å². The van der Waals surface area contributed by atoms with E-state index < -0.39 is 40.9 Å². The molecule has 0 heterocycles. The number of benzene rings is 1. The molecule has 0 spiro atoms. The van der Waals surface area contributed by atoms with Crippen LogP contribution in [-0.4, -0.2) is 34.8 Å². The molecular weight excluding hydrogens is 305 g/mol. The lowest BCUT2D eigenvalue weighted by atomic mass is 10.1. The maximum absolute atomic E-state index is 12.0. The third-order valence-electron chi connectivity index (χ3n) is 2.23. The summed E-state index contributed by atoms with van der Waals surface area (Å²) in [4.78, 5) is 21.4. The number of nitrogens with zero attached hydrogens (tertiary/aromatic N) is 1. The van der Waals surface area contributed by atoms with E-state index in [2.05, 4.69) is 0 Å². The lowest BCUT2D eigenvalue weighted by Gasteiger charge is -2.15. The molecule has 2 N–H and O–H groups in total. The Morgan fingerprint density at radius 3 is 2.60 bits per heavy atom. The van der Waals surface area contributed by atoms with Gasteiger partial charge in [-0.3, -0.25) is 14.9 Å². The first kappa shape index (κ1) is 16.2. The Balaban J connectivity index is 2.86. The van der Waals surface area contributed by atoms with Gasteiger partial charge in [0.15, 0.2) is 6.10 Å². The summed E-state index contributed by atoms with van der Waals surface area (Å²) in [5, 5.41) is 21.2. The molecule has 1 rings (SSSR count). The number of aliphatic hydroxyl groups is 1. The number of hydrogen-bond acceptors (Lipinski definition) is 4. The van der Waals surface area contributed by atoms with Crippen LogP contribution >= 0.6 is 11.6 Å². The van der Waals surface area contributed by atoms with Gasteiger partial charge in [-0.1, -0.05) is 11.6 Å². The van der Waals surface area contributed by atoms with E-state index in [4.69, 9.17) is 16.7 Å². The lowest BCUT2D eigenvalue weighted by Crippen LogP contribution is -2.40. The molecule has 6 nitrogen and oxygen atoms in total. The summed E-state index contributed by atoms with van der Waals surface area (Å²) >= 11 is 5.53. The smallest absolute Gasteiger partial charge is 0.382 e. The highest BCUT2D eigenvalue weighted by Crippen LogP contribution is 2.23. The fourth-order valence-electron chi connectivity index (χ4n) is 1.25. The lowest BCUT2D eigenvalue weighted by molar-refractivity contribution is -0.385. The van der Waals surface area contributed by atoms with Gasteiger partial charge in [-0.15, -0.1) is 0 Å². The summed E-state index contributed by atoms with van der Waals surface area (Å²) in [5.74, 6) is -1.11. The number of amides is 1. The van der Waals surface area contributed by atoms with E-state index in [-0.39, 0.29) is 5.02 Å². The van der Waals surface area contributed by atoms with E-state index in [0.29, 0.717) is 0 Å². The van der Waals surface area contributed by atoms with Crippen LogP contribution in [0.15, 0.2) is 18.2 Å². The van der Waals surface area contributed by atoms with Gasteiger partial charge in [0.25, 0.3) is 11.6 Å². The molecule has 1 unspecified atom stereocenters. The van der Waals surface area contributed by atoms with Crippen LogP contribution in [0.5, 0.6) is 0 Å². The number of nitro benzene ring substituents is 1. The van der Waals surface area contributed by atoms with Crippen LogP contribution in [-0.2, 0) is 0 Å². The molecule has 0 saturated carbocycles. The predicted octanol–water partition coefficient (Wildman–Crippen LogP) is 1.90. The van der Waals surface area contributed by atoms with Gasteiger partial charge < -0.3 is 10.4 Å². The Morgan fingerprint density at radius 1 is 1.50 bits per heavy atom. The average molecular weight is 313 g/mol. The number of nitro groups is 1. The third-order valence-corrected chi connectivity index (χ3v) is 2.47. The Kier molecular flexibility index (Phi) is 4.90. The highest BCUT2D eigenvalue weighted by atomic mass is 35.5. The van der Waals surface area contributed by atoms with Crippen molar-refractivity contribution in [3.05, 3.63) is 38.9 Å². The van der Waals surface area contributed by atoms with Crippen molar-refractivity contribution in [3.8, 4) is 0 Å². The number of alkyl halides is 3. The molecule has 20 heavy (non-hydrogen) atoms. The largest absolute Gasteiger partial charge is 0.416 e. The van der Waals surface area contributed by atoms with Gasteiger partial charge in [0.05, 0.1) is 11.5 Å². The van der Waals surface area contributed by atoms with Crippen LogP contribution in [0.4, 0.5) is 18.9 Å². The maximum Gasteiger partial charge on any atom is 0.416 e. The van der Waals surface area contributed by atoms with E-state index in [1.807, 2.05) is 0 Å². The Hall–Kier alpha value is -1.87. The molecule has 0 bridgehead atoms. The molecule has 0 fully saturated rings. The van der Waals surface area contributed by atoms with E-state index >= 15 is 0 Å². The van der Waals surface area contributed by atoms with Crippen molar-refractivity contribution in [2.45, 2.75) is 12.3 Å². The van der Waals surface area contributed by atoms with Crippen LogP contribution in [0.2, 0.25) is 5.02 Å². The second kappa shape index (κ2) is 6.06. The van der Waals surface area contributed by atoms with Gasteiger partial charge in [-0.05, 0) is 12.1 Å². The predicted molar refractivity (Wildman–Crippen MR) is 62.5 cm³/mol. The first-order valence-electron chi connectivity index (χ1n) is 5.10. The van der Waals surface area contributed by atoms with Crippen LogP contribution in [0.1, 0.15) is 10.4 Å². The average Bonchev–Trinajstić information content (AvgIpc) is 2.34. The maximum atomic E-state index is 12.0. The molecule has 1 aromatic rings. The number of halogens is 4. The highest BCUT2D eigenvalue weighted by molar-refractivity contribution is 6.31. The van der Waals surface area contributed by atoms with Gasteiger partial charge in [0, 0.05) is 11.1 Å². The minimum absolute atomic E-state index is 0.00331. The van der Waals surface area contributed by atoms with E-state index in [1.165, 1.54) is 6.07 Å². The summed E-state index contributed by atoms with van der Waals surface area (Å²) in [6.07, 6.45) is -7.64. The molecule has 10 heteroatoms. The van der Waals surface area contributed by atoms with E-state index in [0.717, 1.165) is 12.1 Å². The Morgan fingerprint density at radius 2 is 2.10 bits per heavy atom. The zero-order valence-corrected chi connectivity index (χ0v) is 10.4. The third kappa shape index (κ3) is 4.07. The Bertz CT molecular complexity index is 536. The molecular formula is C10H8ClF3N2O4. The molecule has 0 aromatic heterocycles. The van der Waals surface area contributed by atoms with Crippen LogP contribution < -0.4 is 5.32 Å². The number of carbonyl (C=O) groups is 1. The summed E-state index contributed by atoms with van der Waals surface area (Å²) in [5.41, 5.74) is -1.09. The minimum atomic E-state index is -4.89. The zero-order chi connectivity index (χ0) is 15.5. The van der Waals surface area contributed by atoms with Crippen LogP contribution in [0.3, 0.4) is 0 Å². The molecule has 1 aromatic carbocycles. The van der Waals surface area contributed by atoms with Crippen molar-refractivity contribution < 1.29 is 28.0 Å². The monoisotopic (exact) mass is 312 g/mol. The first-order valence-corrected chi connectivity index (χ1v) is 5.47. The van der Waals surface area contributed by atoms with Gasteiger partial charge in [0.2, 0.25) is 0 Å². The SMILES string of the molecule is O=C(NCC(O)C(F)(F)F)c1ccc(Cl)cc1[N+](=O)[O-]. The molecule has 0 radical (unpaired) electrons. The first-order chi connectivity index (χ1) is 9.12. The van der Waals surface area contributed by atoms with Crippen molar-refractivity contribution in [3.63, 3.8) is 0 Å². The van der Waals surface area contributed by atoms with Gasteiger partial charge in [0.1, 0.15) is 5.56 Å². The van der Waals surface area contributed by atoms with Crippen molar-refractivity contribution in [2.24, 2.45) is 0 Å². The normalized spacial score (nSPS) is 12.8. The molecule has 0 aliphatic rings. The summed E-state index contributed by atoms with van der Waals surface area (Å²) in [6.45, 7) is -1.11. The highest BCUT2D eigenvalue weighted by Gasteiger charge is 2.38. The number of rotatable bonds is 4. The van der Waals surface area contributed by atoms with E-state index in [1.54, 1.807) is 5.32 Å². The quantitative estimate of drug-likeness (QED) is 0.656. The molecule has 0 aliphatic carbocycles. The van der Waals surface area contributed by atoms with Gasteiger partial charge in [-0.25, -0.2) is 0 Å².